The summed E-state index contributed by atoms with van der Waals surface area (Å²) in [6.07, 6.45) is 4.85. The van der Waals surface area contributed by atoms with Gasteiger partial charge in [-0.05, 0) is 33.6 Å². The maximum absolute atomic E-state index is 11.2. The summed E-state index contributed by atoms with van der Waals surface area (Å²) in [5.41, 5.74) is 0.456. The predicted octanol–water partition coefficient (Wildman–Crippen LogP) is 1.09. The van der Waals surface area contributed by atoms with Crippen LogP contribution in [0.5, 0.6) is 0 Å². The quantitative estimate of drug-likeness (QED) is 0.761. The lowest BCUT2D eigenvalue weighted by Crippen LogP contribution is -2.47. The Kier molecular flexibility index (Phi) is 3.68. The number of piperidine rings is 1. The number of rotatable bonds is 3. The highest BCUT2D eigenvalue weighted by molar-refractivity contribution is 5.48. The molecule has 0 radical (unpaired) electrons. The van der Waals surface area contributed by atoms with Crippen molar-refractivity contribution in [1.82, 2.24) is 34.6 Å². The average molecular weight is 342 g/mol. The molecule has 0 bridgehead atoms. The molecule has 1 aliphatic heterocycles. The summed E-state index contributed by atoms with van der Waals surface area (Å²) in [4.78, 5) is 10.7. The molecule has 4 heterocycles. The molecule has 9 heteroatoms. The highest BCUT2D eigenvalue weighted by Crippen LogP contribution is 2.33. The first-order valence-corrected chi connectivity index (χ1v) is 8.53. The molecule has 1 N–H and O–H groups in total. The van der Waals surface area contributed by atoms with E-state index in [1.54, 1.807) is 9.20 Å². The number of anilines is 1. The van der Waals surface area contributed by atoms with Crippen molar-refractivity contribution in [2.24, 2.45) is 0 Å². The summed E-state index contributed by atoms with van der Waals surface area (Å²) in [5, 5.41) is 23.9. The van der Waals surface area contributed by atoms with Gasteiger partial charge < -0.3 is 10.0 Å². The summed E-state index contributed by atoms with van der Waals surface area (Å²) >= 11 is 0. The molecule has 3 aromatic heterocycles. The first-order valence-electron chi connectivity index (χ1n) is 8.53. The van der Waals surface area contributed by atoms with E-state index in [0.29, 0.717) is 24.4 Å². The first-order chi connectivity index (χ1) is 12.0. The molecule has 1 saturated heterocycles. The fourth-order valence-corrected chi connectivity index (χ4v) is 3.32. The Morgan fingerprint density at radius 2 is 2.16 bits per heavy atom. The van der Waals surface area contributed by atoms with Crippen LogP contribution in [0.15, 0.2) is 18.6 Å². The van der Waals surface area contributed by atoms with Crippen molar-refractivity contribution in [1.29, 1.82) is 0 Å². The van der Waals surface area contributed by atoms with Crippen molar-refractivity contribution in [2.45, 2.75) is 45.3 Å². The molecule has 0 aromatic carbocycles. The molecule has 1 fully saturated rings. The molecule has 0 spiro atoms. The molecule has 4 rings (SSSR count). The van der Waals surface area contributed by atoms with Crippen molar-refractivity contribution < 1.29 is 5.11 Å². The Morgan fingerprint density at radius 1 is 1.32 bits per heavy atom. The van der Waals surface area contributed by atoms with E-state index in [0.717, 1.165) is 24.5 Å². The van der Waals surface area contributed by atoms with Crippen molar-refractivity contribution in [3.63, 3.8) is 0 Å². The summed E-state index contributed by atoms with van der Waals surface area (Å²) in [6.45, 7) is 7.28. The second-order valence-electron chi connectivity index (χ2n) is 6.96. The molecule has 25 heavy (non-hydrogen) atoms. The topological polar surface area (TPSA) is 97.3 Å². The monoisotopic (exact) mass is 342 g/mol. The SMILES string of the molecule is Cc1cc(N2CCCC(O)(c3cn(C(C)C)nn3)C2)n2ncnc2n1. The zero-order valence-corrected chi connectivity index (χ0v) is 14.7. The van der Waals surface area contributed by atoms with Crippen LogP contribution < -0.4 is 4.90 Å². The third kappa shape index (κ3) is 2.74. The van der Waals surface area contributed by atoms with Gasteiger partial charge in [-0.25, -0.2) is 9.67 Å². The minimum atomic E-state index is -1.03. The van der Waals surface area contributed by atoms with E-state index in [2.05, 4.69) is 30.3 Å². The van der Waals surface area contributed by atoms with E-state index in [4.69, 9.17) is 0 Å². The van der Waals surface area contributed by atoms with E-state index in [-0.39, 0.29) is 6.04 Å². The average Bonchev–Trinajstić information content (AvgIpc) is 3.23. The van der Waals surface area contributed by atoms with Crippen molar-refractivity contribution in [2.75, 3.05) is 18.0 Å². The van der Waals surface area contributed by atoms with Crippen LogP contribution in [0.3, 0.4) is 0 Å². The number of nitrogens with zero attached hydrogens (tertiary/aromatic N) is 8. The summed E-state index contributed by atoms with van der Waals surface area (Å²) in [7, 11) is 0. The fourth-order valence-electron chi connectivity index (χ4n) is 3.32. The minimum Gasteiger partial charge on any atom is -0.382 e. The van der Waals surface area contributed by atoms with Crippen LogP contribution in [0.4, 0.5) is 5.82 Å². The van der Waals surface area contributed by atoms with Gasteiger partial charge in [-0.3, -0.25) is 0 Å². The standard InChI is InChI=1S/C16H22N8O/c1-11(2)23-8-13(20-21-23)16(25)5-4-6-22(9-16)14-7-12(3)19-15-17-10-18-24(14)15/h7-8,10-11,25H,4-6,9H2,1-3H3. The molecule has 3 aromatic rings. The number of fused-ring (bicyclic) bond motifs is 1. The summed E-state index contributed by atoms with van der Waals surface area (Å²) < 4.78 is 3.49. The largest absolute Gasteiger partial charge is 0.382 e. The van der Waals surface area contributed by atoms with Gasteiger partial charge in [-0.15, -0.1) is 5.10 Å². The number of hydrogen-bond donors (Lipinski definition) is 1. The van der Waals surface area contributed by atoms with Crippen LogP contribution >= 0.6 is 0 Å². The second-order valence-corrected chi connectivity index (χ2v) is 6.96. The van der Waals surface area contributed by atoms with E-state index in [9.17, 15) is 5.11 Å². The number of hydrogen-bond acceptors (Lipinski definition) is 7. The van der Waals surface area contributed by atoms with Gasteiger partial charge in [-0.1, -0.05) is 5.21 Å². The van der Waals surface area contributed by atoms with Gasteiger partial charge in [0.1, 0.15) is 23.4 Å². The van der Waals surface area contributed by atoms with Gasteiger partial charge in [0.25, 0.3) is 5.78 Å². The van der Waals surface area contributed by atoms with E-state index in [1.165, 1.54) is 6.33 Å². The van der Waals surface area contributed by atoms with Crippen LogP contribution in [0, 0.1) is 6.92 Å². The van der Waals surface area contributed by atoms with Crippen LogP contribution in [0.1, 0.15) is 44.1 Å². The van der Waals surface area contributed by atoms with Gasteiger partial charge in [0.05, 0.1) is 12.7 Å². The zero-order chi connectivity index (χ0) is 17.6. The smallest absolute Gasteiger partial charge is 0.254 e. The van der Waals surface area contributed by atoms with E-state index >= 15 is 0 Å². The third-order valence-electron chi connectivity index (χ3n) is 4.67. The van der Waals surface area contributed by atoms with Crippen LogP contribution in [-0.4, -0.2) is 52.8 Å². The predicted molar refractivity (Wildman–Crippen MR) is 91.3 cm³/mol. The molecule has 1 unspecified atom stereocenters. The first kappa shape index (κ1) is 15.9. The lowest BCUT2D eigenvalue weighted by molar-refractivity contribution is 0.0173. The minimum absolute atomic E-state index is 0.210. The fraction of sp³-hybridized carbons (Fsp3) is 0.562. The molecular formula is C16H22N8O. The maximum Gasteiger partial charge on any atom is 0.254 e. The number of aliphatic hydroxyl groups is 1. The Morgan fingerprint density at radius 3 is 2.92 bits per heavy atom. The third-order valence-corrected chi connectivity index (χ3v) is 4.67. The normalized spacial score (nSPS) is 21.4. The Bertz CT molecular complexity index is 901. The molecule has 9 nitrogen and oxygen atoms in total. The van der Waals surface area contributed by atoms with Crippen molar-refractivity contribution in [3.05, 3.63) is 30.0 Å². The molecule has 0 amide bonds. The molecule has 1 aliphatic rings. The van der Waals surface area contributed by atoms with Gasteiger partial charge >= 0.3 is 0 Å². The van der Waals surface area contributed by atoms with E-state index < -0.39 is 5.60 Å². The highest BCUT2D eigenvalue weighted by Gasteiger charge is 2.38. The number of β-amino-alcohol motifs (C(OH)–C–C–N with tert-alkyl or cyclic N) is 1. The van der Waals surface area contributed by atoms with Gasteiger partial charge in [0.15, 0.2) is 0 Å². The Balaban J connectivity index is 1.69. The lowest BCUT2D eigenvalue weighted by Gasteiger charge is -2.39. The Hall–Kier alpha value is -2.55. The molecule has 132 valence electrons. The summed E-state index contributed by atoms with van der Waals surface area (Å²) in [5.74, 6) is 1.45. The molecular weight excluding hydrogens is 320 g/mol. The van der Waals surface area contributed by atoms with Crippen LogP contribution in [-0.2, 0) is 5.60 Å². The maximum atomic E-state index is 11.2. The van der Waals surface area contributed by atoms with Gasteiger partial charge in [0, 0.05) is 24.3 Å². The zero-order valence-electron chi connectivity index (χ0n) is 14.7. The van der Waals surface area contributed by atoms with Gasteiger partial charge in [0.2, 0.25) is 0 Å². The van der Waals surface area contributed by atoms with Crippen molar-refractivity contribution in [3.8, 4) is 0 Å². The van der Waals surface area contributed by atoms with Crippen molar-refractivity contribution >= 4 is 11.6 Å². The van der Waals surface area contributed by atoms with Gasteiger partial charge in [-0.2, -0.15) is 14.6 Å². The molecule has 1 atom stereocenters. The number of aromatic nitrogens is 7. The van der Waals surface area contributed by atoms with E-state index in [1.807, 2.05) is 33.0 Å². The molecule has 0 saturated carbocycles. The second kappa shape index (κ2) is 5.76. The van der Waals surface area contributed by atoms with Crippen LogP contribution in [0.2, 0.25) is 0 Å². The highest BCUT2D eigenvalue weighted by atomic mass is 16.3. The number of aryl methyl sites for hydroxylation is 1. The summed E-state index contributed by atoms with van der Waals surface area (Å²) in [6, 6.07) is 2.18. The Labute approximate surface area is 145 Å². The van der Waals surface area contributed by atoms with Crippen LogP contribution in [0.25, 0.3) is 5.78 Å². The molecule has 0 aliphatic carbocycles. The lowest BCUT2D eigenvalue weighted by atomic mass is 9.90.